The predicted molar refractivity (Wildman–Crippen MR) is 93.7 cm³/mol. The quantitative estimate of drug-likeness (QED) is 0.822. The molecule has 2 aromatic rings. The molecular weight excluding hydrogens is 364 g/mol. The van der Waals surface area contributed by atoms with Gasteiger partial charge < -0.3 is 14.8 Å². The zero-order valence-corrected chi connectivity index (χ0v) is 15.1. The Morgan fingerprint density at radius 3 is 2.54 bits per heavy atom. The van der Waals surface area contributed by atoms with E-state index in [1.54, 1.807) is 6.07 Å². The molecule has 0 radical (unpaired) electrons. The van der Waals surface area contributed by atoms with Crippen LogP contribution in [-0.2, 0) is 15.3 Å². The SMILES string of the molecule is CC(C)(CNc1ccccc1S(=O)(=O)C(F)F)c1ccc2c(c1)OCO2. The topological polar surface area (TPSA) is 64.6 Å². The van der Waals surface area contributed by atoms with E-state index in [0.717, 1.165) is 5.56 Å². The Hall–Kier alpha value is -2.35. The van der Waals surface area contributed by atoms with Gasteiger partial charge in [0.2, 0.25) is 16.6 Å². The minimum absolute atomic E-state index is 0.154. The van der Waals surface area contributed by atoms with E-state index in [-0.39, 0.29) is 12.5 Å². The van der Waals surface area contributed by atoms with E-state index in [4.69, 9.17) is 9.47 Å². The van der Waals surface area contributed by atoms with Crippen LogP contribution in [-0.4, -0.2) is 27.5 Å². The van der Waals surface area contributed by atoms with Gasteiger partial charge >= 0.3 is 5.76 Å². The average Bonchev–Trinajstić information content (AvgIpc) is 3.08. The van der Waals surface area contributed by atoms with Crippen molar-refractivity contribution in [2.45, 2.75) is 29.9 Å². The van der Waals surface area contributed by atoms with Gasteiger partial charge in [-0.2, -0.15) is 8.78 Å². The number of hydrogen-bond acceptors (Lipinski definition) is 5. The molecule has 0 amide bonds. The van der Waals surface area contributed by atoms with Gasteiger partial charge in [0.1, 0.15) is 0 Å². The molecule has 0 bridgehead atoms. The molecule has 0 atom stereocenters. The fraction of sp³-hybridized carbons (Fsp3) is 0.333. The van der Waals surface area contributed by atoms with E-state index in [0.29, 0.717) is 18.0 Å². The molecule has 0 saturated carbocycles. The van der Waals surface area contributed by atoms with Gasteiger partial charge in [-0.3, -0.25) is 0 Å². The van der Waals surface area contributed by atoms with Gasteiger partial charge in [-0.15, -0.1) is 0 Å². The maximum atomic E-state index is 12.9. The molecule has 1 aliphatic heterocycles. The van der Waals surface area contributed by atoms with Crippen LogP contribution < -0.4 is 14.8 Å². The summed E-state index contributed by atoms with van der Waals surface area (Å²) in [5.41, 5.74) is 0.688. The lowest BCUT2D eigenvalue weighted by atomic mass is 9.84. The summed E-state index contributed by atoms with van der Waals surface area (Å²) in [6.45, 7) is 4.43. The molecule has 26 heavy (non-hydrogen) atoms. The van der Waals surface area contributed by atoms with E-state index < -0.39 is 25.9 Å². The summed E-state index contributed by atoms with van der Waals surface area (Å²) in [7, 11) is -4.68. The first-order chi connectivity index (χ1) is 12.2. The molecule has 8 heteroatoms. The van der Waals surface area contributed by atoms with Crippen molar-refractivity contribution in [2.24, 2.45) is 0 Å². The van der Waals surface area contributed by atoms with Crippen LogP contribution in [0.1, 0.15) is 19.4 Å². The minimum Gasteiger partial charge on any atom is -0.454 e. The number of anilines is 1. The summed E-state index contributed by atoms with van der Waals surface area (Å²) >= 11 is 0. The van der Waals surface area contributed by atoms with Crippen LogP contribution in [0.5, 0.6) is 11.5 Å². The fourth-order valence-corrected chi connectivity index (χ4v) is 3.60. The van der Waals surface area contributed by atoms with Crippen LogP contribution in [0.4, 0.5) is 14.5 Å². The van der Waals surface area contributed by atoms with Crippen LogP contribution in [0.3, 0.4) is 0 Å². The molecule has 5 nitrogen and oxygen atoms in total. The van der Waals surface area contributed by atoms with Crippen molar-refractivity contribution in [1.82, 2.24) is 0 Å². The van der Waals surface area contributed by atoms with Crippen molar-refractivity contribution in [2.75, 3.05) is 18.7 Å². The second-order valence-electron chi connectivity index (χ2n) is 6.61. The number of hydrogen-bond donors (Lipinski definition) is 1. The van der Waals surface area contributed by atoms with Gasteiger partial charge in [-0.25, -0.2) is 8.42 Å². The number of sulfone groups is 1. The molecule has 0 aliphatic carbocycles. The predicted octanol–water partition coefficient (Wildman–Crippen LogP) is 3.80. The monoisotopic (exact) mass is 383 g/mol. The van der Waals surface area contributed by atoms with Crippen LogP contribution in [0.2, 0.25) is 0 Å². The standard InChI is InChI=1S/C18H19F2NO4S/c1-18(2,12-7-8-14-15(9-12)25-11-24-14)10-21-13-5-3-4-6-16(13)26(22,23)17(19)20/h3-9,17,21H,10-11H2,1-2H3. The Balaban J connectivity index is 1.83. The number of ether oxygens (including phenoxy) is 2. The molecule has 140 valence electrons. The zero-order valence-electron chi connectivity index (χ0n) is 14.3. The summed E-state index contributed by atoms with van der Waals surface area (Å²) in [5.74, 6) is -2.14. The lowest BCUT2D eigenvalue weighted by Crippen LogP contribution is -2.28. The largest absolute Gasteiger partial charge is 0.454 e. The highest BCUT2D eigenvalue weighted by Gasteiger charge is 2.30. The van der Waals surface area contributed by atoms with Gasteiger partial charge in [0.25, 0.3) is 0 Å². The second kappa shape index (κ2) is 6.75. The molecule has 0 spiro atoms. The summed E-state index contributed by atoms with van der Waals surface area (Å²) in [6, 6.07) is 11.3. The Bertz CT molecular complexity index is 913. The highest BCUT2D eigenvalue weighted by molar-refractivity contribution is 7.91. The van der Waals surface area contributed by atoms with Gasteiger partial charge in [0.15, 0.2) is 11.5 Å². The third-order valence-corrected chi connectivity index (χ3v) is 5.74. The van der Waals surface area contributed by atoms with Crippen molar-refractivity contribution >= 4 is 15.5 Å². The number of benzene rings is 2. The maximum Gasteiger partial charge on any atom is 0.341 e. The molecule has 0 unspecified atom stereocenters. The molecule has 0 aromatic heterocycles. The van der Waals surface area contributed by atoms with Crippen molar-refractivity contribution in [3.8, 4) is 11.5 Å². The Labute approximate surface area is 150 Å². The summed E-state index contributed by atoms with van der Waals surface area (Å²) in [4.78, 5) is -0.406. The zero-order chi connectivity index (χ0) is 18.9. The number of nitrogens with one attached hydrogen (secondary N) is 1. The second-order valence-corrected chi connectivity index (χ2v) is 8.49. The van der Waals surface area contributed by atoms with E-state index in [9.17, 15) is 17.2 Å². The van der Waals surface area contributed by atoms with Crippen molar-refractivity contribution in [3.05, 3.63) is 48.0 Å². The third kappa shape index (κ3) is 3.46. The summed E-state index contributed by atoms with van der Waals surface area (Å²) in [6.07, 6.45) is 0. The summed E-state index contributed by atoms with van der Waals surface area (Å²) in [5, 5.41) is 3.00. The molecule has 1 N–H and O–H groups in total. The fourth-order valence-electron chi connectivity index (χ4n) is 2.69. The lowest BCUT2D eigenvalue weighted by Gasteiger charge is -2.27. The van der Waals surface area contributed by atoms with Crippen LogP contribution in [0.15, 0.2) is 47.4 Å². The third-order valence-electron chi connectivity index (χ3n) is 4.30. The summed E-state index contributed by atoms with van der Waals surface area (Å²) < 4.78 is 60.2. The molecule has 1 aliphatic rings. The number of fused-ring (bicyclic) bond motifs is 1. The molecule has 0 saturated heterocycles. The highest BCUT2D eigenvalue weighted by Crippen LogP contribution is 2.37. The minimum atomic E-state index is -4.68. The first kappa shape index (κ1) is 18.4. The van der Waals surface area contributed by atoms with Gasteiger partial charge in [-0.1, -0.05) is 32.0 Å². The van der Waals surface area contributed by atoms with E-state index in [1.807, 2.05) is 32.0 Å². The van der Waals surface area contributed by atoms with Crippen LogP contribution in [0.25, 0.3) is 0 Å². The first-order valence-corrected chi connectivity index (χ1v) is 9.51. The van der Waals surface area contributed by atoms with E-state index >= 15 is 0 Å². The van der Waals surface area contributed by atoms with Crippen molar-refractivity contribution in [1.29, 1.82) is 0 Å². The number of alkyl halides is 2. The molecule has 3 rings (SSSR count). The smallest absolute Gasteiger partial charge is 0.341 e. The highest BCUT2D eigenvalue weighted by atomic mass is 32.2. The van der Waals surface area contributed by atoms with Crippen molar-refractivity contribution in [3.63, 3.8) is 0 Å². The van der Waals surface area contributed by atoms with E-state index in [1.165, 1.54) is 18.2 Å². The normalized spacial score (nSPS) is 13.9. The van der Waals surface area contributed by atoms with Crippen LogP contribution in [0, 0.1) is 0 Å². The number of halogens is 2. The molecule has 1 heterocycles. The molecule has 0 fully saturated rings. The average molecular weight is 383 g/mol. The maximum absolute atomic E-state index is 12.9. The number of para-hydroxylation sites is 1. The Morgan fingerprint density at radius 1 is 1.12 bits per heavy atom. The Kier molecular flexibility index (Phi) is 4.79. The first-order valence-electron chi connectivity index (χ1n) is 7.97. The molecular formula is C18H19F2NO4S. The molecule has 2 aromatic carbocycles. The van der Waals surface area contributed by atoms with Gasteiger partial charge in [0.05, 0.1) is 10.6 Å². The lowest BCUT2D eigenvalue weighted by molar-refractivity contribution is 0.174. The van der Waals surface area contributed by atoms with Crippen LogP contribution >= 0.6 is 0 Å². The van der Waals surface area contributed by atoms with Gasteiger partial charge in [0, 0.05) is 12.0 Å². The van der Waals surface area contributed by atoms with E-state index in [2.05, 4.69) is 5.32 Å². The van der Waals surface area contributed by atoms with Gasteiger partial charge in [-0.05, 0) is 29.8 Å². The van der Waals surface area contributed by atoms with Crippen molar-refractivity contribution < 1.29 is 26.7 Å². The Morgan fingerprint density at radius 2 is 1.81 bits per heavy atom. The number of rotatable bonds is 6.